The first kappa shape index (κ1) is 15.6. The summed E-state index contributed by atoms with van der Waals surface area (Å²) < 4.78 is 27.9. The van der Waals surface area contributed by atoms with Crippen molar-refractivity contribution in [3.8, 4) is 5.75 Å². The Bertz CT molecular complexity index is 601. The molecule has 0 saturated carbocycles. The summed E-state index contributed by atoms with van der Waals surface area (Å²) in [6, 6.07) is 7.03. The number of ether oxygens (including phenoxy) is 1. The summed E-state index contributed by atoms with van der Waals surface area (Å²) in [6.07, 6.45) is 1.14. The van der Waals surface area contributed by atoms with Crippen LogP contribution < -0.4 is 15.4 Å². The van der Waals surface area contributed by atoms with Crippen LogP contribution in [0.2, 0.25) is 0 Å². The molecular formula is C14H20N2O4S. The SMILES string of the molecule is COc1ccccc1CCNC(=O)N[C@@H]1CCS(=O)(=O)C1. The van der Waals surface area contributed by atoms with E-state index in [-0.39, 0.29) is 23.6 Å². The topological polar surface area (TPSA) is 84.5 Å². The number of methoxy groups -OCH3 is 1. The van der Waals surface area contributed by atoms with Gasteiger partial charge in [-0.25, -0.2) is 13.2 Å². The molecule has 2 rings (SSSR count). The highest BCUT2D eigenvalue weighted by atomic mass is 32.2. The number of hydrogen-bond donors (Lipinski definition) is 2. The quantitative estimate of drug-likeness (QED) is 0.839. The van der Waals surface area contributed by atoms with E-state index in [1.165, 1.54) is 0 Å². The highest BCUT2D eigenvalue weighted by Crippen LogP contribution is 2.17. The van der Waals surface area contributed by atoms with Crippen LogP contribution in [-0.4, -0.2) is 45.7 Å². The summed E-state index contributed by atoms with van der Waals surface area (Å²) in [5.41, 5.74) is 1.02. The molecule has 6 nitrogen and oxygen atoms in total. The minimum absolute atomic E-state index is 0.0347. The lowest BCUT2D eigenvalue weighted by Crippen LogP contribution is -2.43. The lowest BCUT2D eigenvalue weighted by molar-refractivity contribution is 0.238. The first-order chi connectivity index (χ1) is 10.00. The number of rotatable bonds is 5. The van der Waals surface area contributed by atoms with E-state index in [0.717, 1.165) is 11.3 Å². The molecule has 21 heavy (non-hydrogen) atoms. The van der Waals surface area contributed by atoms with E-state index < -0.39 is 9.84 Å². The largest absolute Gasteiger partial charge is 0.496 e. The van der Waals surface area contributed by atoms with Crippen molar-refractivity contribution in [1.82, 2.24) is 10.6 Å². The fourth-order valence-electron chi connectivity index (χ4n) is 2.37. The Hall–Kier alpha value is -1.76. The number of para-hydroxylation sites is 1. The van der Waals surface area contributed by atoms with Gasteiger partial charge in [0.15, 0.2) is 9.84 Å². The van der Waals surface area contributed by atoms with Crippen molar-refractivity contribution in [2.45, 2.75) is 18.9 Å². The fourth-order valence-corrected chi connectivity index (χ4v) is 4.04. The van der Waals surface area contributed by atoms with Crippen molar-refractivity contribution in [2.75, 3.05) is 25.2 Å². The molecule has 1 fully saturated rings. The average Bonchev–Trinajstić information content (AvgIpc) is 2.78. The summed E-state index contributed by atoms with van der Waals surface area (Å²) in [6.45, 7) is 0.464. The summed E-state index contributed by atoms with van der Waals surface area (Å²) in [7, 11) is -1.36. The summed E-state index contributed by atoms with van der Waals surface area (Å²) in [5, 5.41) is 5.43. The van der Waals surface area contributed by atoms with Gasteiger partial charge in [0.1, 0.15) is 5.75 Å². The number of nitrogens with one attached hydrogen (secondary N) is 2. The number of hydrogen-bond acceptors (Lipinski definition) is 4. The molecule has 2 N–H and O–H groups in total. The molecule has 0 aromatic heterocycles. The summed E-state index contributed by atoms with van der Waals surface area (Å²) in [5.74, 6) is 0.980. The van der Waals surface area contributed by atoms with Crippen molar-refractivity contribution < 1.29 is 17.9 Å². The maximum atomic E-state index is 11.7. The van der Waals surface area contributed by atoms with E-state index in [9.17, 15) is 13.2 Å². The molecule has 116 valence electrons. The van der Waals surface area contributed by atoms with Crippen molar-refractivity contribution >= 4 is 15.9 Å². The molecule has 1 saturated heterocycles. The molecule has 1 aromatic rings. The molecule has 0 radical (unpaired) electrons. The zero-order valence-corrected chi connectivity index (χ0v) is 12.8. The molecule has 0 aliphatic carbocycles. The third kappa shape index (κ3) is 4.63. The molecule has 2 amide bonds. The number of carbonyl (C=O) groups excluding carboxylic acids is 1. The molecule has 7 heteroatoms. The Labute approximate surface area is 124 Å². The minimum atomic E-state index is -2.97. The molecule has 0 spiro atoms. The number of sulfone groups is 1. The number of urea groups is 1. The van der Waals surface area contributed by atoms with E-state index in [1.54, 1.807) is 7.11 Å². The van der Waals surface area contributed by atoms with E-state index in [2.05, 4.69) is 10.6 Å². The number of amides is 2. The lowest BCUT2D eigenvalue weighted by Gasteiger charge is -2.13. The van der Waals surface area contributed by atoms with Crippen LogP contribution in [0.1, 0.15) is 12.0 Å². The van der Waals surface area contributed by atoms with Crippen molar-refractivity contribution in [3.05, 3.63) is 29.8 Å². The molecule has 0 unspecified atom stereocenters. The predicted molar refractivity (Wildman–Crippen MR) is 80.3 cm³/mol. The second kappa shape index (κ2) is 6.80. The van der Waals surface area contributed by atoms with Gasteiger partial charge in [0.2, 0.25) is 0 Å². The molecule has 1 aliphatic rings. The maximum Gasteiger partial charge on any atom is 0.315 e. The first-order valence-corrected chi connectivity index (χ1v) is 8.69. The van der Waals surface area contributed by atoms with Crippen LogP contribution in [0.3, 0.4) is 0 Å². The van der Waals surface area contributed by atoms with Crippen molar-refractivity contribution in [1.29, 1.82) is 0 Å². The number of benzene rings is 1. The standard InChI is InChI=1S/C14H20N2O4S/c1-20-13-5-3-2-4-11(13)6-8-15-14(17)16-12-7-9-21(18,19)10-12/h2-5,12H,6-10H2,1H3,(H2,15,16,17)/t12-/m1/s1. The predicted octanol–water partition coefficient (Wildman–Crippen LogP) is 0.724. The van der Waals surface area contributed by atoms with E-state index in [1.807, 2.05) is 24.3 Å². The van der Waals surface area contributed by atoms with Crippen LogP contribution >= 0.6 is 0 Å². The average molecular weight is 312 g/mol. The normalized spacial score (nSPS) is 20.0. The van der Waals surface area contributed by atoms with Crippen LogP contribution in [0.15, 0.2) is 24.3 Å². The van der Waals surface area contributed by atoms with E-state index in [0.29, 0.717) is 19.4 Å². The zero-order valence-electron chi connectivity index (χ0n) is 12.0. The Balaban J connectivity index is 1.75. The van der Waals surface area contributed by atoms with Gasteiger partial charge in [0.25, 0.3) is 0 Å². The van der Waals surface area contributed by atoms with E-state index >= 15 is 0 Å². The van der Waals surface area contributed by atoms with Gasteiger partial charge in [-0.15, -0.1) is 0 Å². The van der Waals surface area contributed by atoms with Gasteiger partial charge in [-0.05, 0) is 24.5 Å². The van der Waals surface area contributed by atoms with Gasteiger partial charge in [0.05, 0.1) is 18.6 Å². The number of carbonyl (C=O) groups is 1. The van der Waals surface area contributed by atoms with Crippen LogP contribution in [0.25, 0.3) is 0 Å². The molecule has 1 heterocycles. The second-order valence-corrected chi connectivity index (χ2v) is 7.29. The maximum absolute atomic E-state index is 11.7. The lowest BCUT2D eigenvalue weighted by atomic mass is 10.1. The van der Waals surface area contributed by atoms with Crippen molar-refractivity contribution in [3.63, 3.8) is 0 Å². The van der Waals surface area contributed by atoms with Crippen LogP contribution in [0.4, 0.5) is 4.79 Å². The Kier molecular flexibility index (Phi) is 5.06. The van der Waals surface area contributed by atoms with Gasteiger partial charge < -0.3 is 15.4 Å². The molecule has 1 atom stereocenters. The Morgan fingerprint density at radius 1 is 1.38 bits per heavy atom. The second-order valence-electron chi connectivity index (χ2n) is 5.06. The van der Waals surface area contributed by atoms with Crippen LogP contribution in [0.5, 0.6) is 5.75 Å². The van der Waals surface area contributed by atoms with Crippen LogP contribution in [0, 0.1) is 0 Å². The van der Waals surface area contributed by atoms with Gasteiger partial charge in [0, 0.05) is 12.6 Å². The third-order valence-electron chi connectivity index (χ3n) is 3.44. The van der Waals surface area contributed by atoms with E-state index in [4.69, 9.17) is 4.74 Å². The Morgan fingerprint density at radius 3 is 2.81 bits per heavy atom. The zero-order chi connectivity index (χ0) is 15.3. The van der Waals surface area contributed by atoms with Gasteiger partial charge in [-0.2, -0.15) is 0 Å². The molecule has 1 aliphatic heterocycles. The molecule has 0 bridgehead atoms. The first-order valence-electron chi connectivity index (χ1n) is 6.87. The van der Waals surface area contributed by atoms with Gasteiger partial charge >= 0.3 is 6.03 Å². The Morgan fingerprint density at radius 2 is 2.14 bits per heavy atom. The summed E-state index contributed by atoms with van der Waals surface area (Å²) in [4.78, 5) is 11.7. The smallest absolute Gasteiger partial charge is 0.315 e. The summed E-state index contributed by atoms with van der Waals surface area (Å²) >= 11 is 0. The van der Waals surface area contributed by atoms with Crippen molar-refractivity contribution in [2.24, 2.45) is 0 Å². The molecular weight excluding hydrogens is 292 g/mol. The minimum Gasteiger partial charge on any atom is -0.496 e. The van der Waals surface area contributed by atoms with Gasteiger partial charge in [-0.1, -0.05) is 18.2 Å². The highest BCUT2D eigenvalue weighted by molar-refractivity contribution is 7.91. The van der Waals surface area contributed by atoms with Crippen LogP contribution in [-0.2, 0) is 16.3 Å². The fraction of sp³-hybridized carbons (Fsp3) is 0.500. The monoisotopic (exact) mass is 312 g/mol. The third-order valence-corrected chi connectivity index (χ3v) is 5.21. The van der Waals surface area contributed by atoms with Gasteiger partial charge in [-0.3, -0.25) is 0 Å². The highest BCUT2D eigenvalue weighted by Gasteiger charge is 2.28. The molecule has 1 aromatic carbocycles.